The molecule has 11 nitrogen and oxygen atoms in total. The molecule has 4 N–H and O–H groups in total. The third kappa shape index (κ3) is 4.90. The van der Waals surface area contributed by atoms with Crippen molar-refractivity contribution in [1.82, 2.24) is 20.2 Å². The fourth-order valence-corrected chi connectivity index (χ4v) is 6.47. The van der Waals surface area contributed by atoms with E-state index in [1.807, 2.05) is 12.1 Å². The van der Waals surface area contributed by atoms with Crippen LogP contribution in [0.1, 0.15) is 11.4 Å². The monoisotopic (exact) mass is 532 g/mol. The SMILES string of the molecule is CON=C(C(=O)NC1(CSC=Cc2ccccn2)C(=O)N2C(C(=O)O)=CCS[C@H]21)c1csc(N)n1. The van der Waals surface area contributed by atoms with E-state index >= 15 is 0 Å². The van der Waals surface area contributed by atoms with Crippen molar-refractivity contribution in [2.75, 3.05) is 24.3 Å². The zero-order valence-electron chi connectivity index (χ0n) is 18.3. The summed E-state index contributed by atoms with van der Waals surface area (Å²) in [5, 5.41) is 19.1. The first-order valence-electron chi connectivity index (χ1n) is 10.1. The third-order valence-electron chi connectivity index (χ3n) is 5.10. The number of thiazole rings is 1. The molecule has 1 fully saturated rings. The number of nitrogens with one attached hydrogen (secondary N) is 1. The van der Waals surface area contributed by atoms with Gasteiger partial charge >= 0.3 is 5.97 Å². The van der Waals surface area contributed by atoms with Crippen LogP contribution in [0.25, 0.3) is 6.08 Å². The summed E-state index contributed by atoms with van der Waals surface area (Å²) in [6, 6.07) is 5.49. The highest BCUT2D eigenvalue weighted by molar-refractivity contribution is 8.02. The maximum Gasteiger partial charge on any atom is 0.352 e. The summed E-state index contributed by atoms with van der Waals surface area (Å²) in [7, 11) is 1.29. The lowest BCUT2D eigenvalue weighted by molar-refractivity contribution is -0.156. The molecule has 1 saturated heterocycles. The lowest BCUT2D eigenvalue weighted by atomic mass is 9.88. The number of aliphatic carboxylic acids is 1. The van der Waals surface area contributed by atoms with Gasteiger partial charge in [0.05, 0.1) is 5.69 Å². The number of nitrogens with zero attached hydrogens (tertiary/aromatic N) is 4. The van der Waals surface area contributed by atoms with Gasteiger partial charge in [0.2, 0.25) is 0 Å². The average molecular weight is 533 g/mol. The Bertz CT molecular complexity index is 1230. The second-order valence-corrected chi connectivity index (χ2v) is 10.1. The van der Waals surface area contributed by atoms with Crippen LogP contribution < -0.4 is 11.1 Å². The highest BCUT2D eigenvalue weighted by Gasteiger charge is 2.64. The molecule has 182 valence electrons. The van der Waals surface area contributed by atoms with Crippen LogP contribution in [0.3, 0.4) is 0 Å². The minimum atomic E-state index is -1.38. The van der Waals surface area contributed by atoms with Gasteiger partial charge in [0.1, 0.15) is 23.9 Å². The van der Waals surface area contributed by atoms with Crippen LogP contribution in [0.15, 0.2) is 52.1 Å². The quantitative estimate of drug-likeness (QED) is 0.246. The summed E-state index contributed by atoms with van der Waals surface area (Å²) in [6.07, 6.45) is 4.93. The van der Waals surface area contributed by atoms with Gasteiger partial charge in [-0.05, 0) is 29.7 Å². The van der Waals surface area contributed by atoms with Crippen molar-refractivity contribution < 1.29 is 24.3 Å². The van der Waals surface area contributed by atoms with Crippen LogP contribution in [0.5, 0.6) is 0 Å². The predicted molar refractivity (Wildman–Crippen MR) is 135 cm³/mol. The number of hydrogen-bond donors (Lipinski definition) is 3. The fourth-order valence-electron chi connectivity index (χ4n) is 3.55. The minimum Gasteiger partial charge on any atom is -0.477 e. The van der Waals surface area contributed by atoms with E-state index in [0.717, 1.165) is 17.0 Å². The number of thioether (sulfide) groups is 2. The van der Waals surface area contributed by atoms with Gasteiger partial charge in [-0.15, -0.1) is 34.9 Å². The maximum atomic E-state index is 13.4. The van der Waals surface area contributed by atoms with Gasteiger partial charge in [0.25, 0.3) is 11.8 Å². The molecule has 0 aliphatic carbocycles. The number of hydrogen-bond acceptors (Lipinski definition) is 11. The largest absolute Gasteiger partial charge is 0.477 e. The summed E-state index contributed by atoms with van der Waals surface area (Å²) in [5.41, 5.74) is 5.01. The first-order chi connectivity index (χ1) is 16.9. The van der Waals surface area contributed by atoms with Crippen LogP contribution in [0.2, 0.25) is 0 Å². The molecule has 0 bridgehead atoms. The van der Waals surface area contributed by atoms with Crippen molar-refractivity contribution in [2.24, 2.45) is 5.16 Å². The average Bonchev–Trinajstić information content (AvgIpc) is 3.29. The summed E-state index contributed by atoms with van der Waals surface area (Å²) >= 11 is 3.79. The molecular formula is C21H20N6O5S3. The first kappa shape index (κ1) is 24.8. The number of carbonyl (C=O) groups excluding carboxylic acids is 2. The summed E-state index contributed by atoms with van der Waals surface area (Å²) in [5.74, 6) is -1.88. The predicted octanol–water partition coefficient (Wildman–Crippen LogP) is 1.61. The van der Waals surface area contributed by atoms with Gasteiger partial charge in [0, 0.05) is 23.1 Å². The van der Waals surface area contributed by atoms with Gasteiger partial charge < -0.3 is 21.0 Å². The molecule has 35 heavy (non-hydrogen) atoms. The van der Waals surface area contributed by atoms with Crippen molar-refractivity contribution in [3.8, 4) is 0 Å². The third-order valence-corrected chi connectivity index (χ3v) is 8.01. The number of carboxylic acids is 1. The zero-order chi connectivity index (χ0) is 25.0. The standard InChI is InChI=1S/C21H20N6O5S3/c1-32-26-15(13-10-35-20(22)24-13)16(28)25-21(11-33-8-5-12-4-2-3-7-23-12)18(31)27-14(17(29)30)6-9-34-19(21)27/h2-8,10,19H,9,11H2,1H3,(H2,22,24)(H,25,28)(H,29,30)/t19-,21?/m0/s1. The van der Waals surface area contributed by atoms with Crippen LogP contribution in [-0.4, -0.2) is 73.0 Å². The molecule has 2 aliphatic heterocycles. The van der Waals surface area contributed by atoms with Crippen molar-refractivity contribution in [3.05, 3.63) is 58.3 Å². The lowest BCUT2D eigenvalue weighted by Gasteiger charge is -2.56. The van der Waals surface area contributed by atoms with Gasteiger partial charge in [-0.1, -0.05) is 11.2 Å². The Morgan fingerprint density at radius 3 is 2.97 bits per heavy atom. The smallest absolute Gasteiger partial charge is 0.352 e. The second kappa shape index (κ2) is 10.5. The number of anilines is 1. The van der Waals surface area contributed by atoms with Crippen molar-refractivity contribution in [2.45, 2.75) is 10.9 Å². The minimum absolute atomic E-state index is 0.101. The second-order valence-electron chi connectivity index (χ2n) is 7.24. The first-order valence-corrected chi connectivity index (χ1v) is 13.1. The number of carbonyl (C=O) groups is 3. The van der Waals surface area contributed by atoms with Crippen LogP contribution in [0, 0.1) is 0 Å². The van der Waals surface area contributed by atoms with E-state index < -0.39 is 28.7 Å². The van der Waals surface area contributed by atoms with E-state index in [0.29, 0.717) is 5.75 Å². The number of oxime groups is 1. The number of β-lactam (4-membered cyclic amide) rings is 1. The Morgan fingerprint density at radius 1 is 1.49 bits per heavy atom. The Morgan fingerprint density at radius 2 is 2.31 bits per heavy atom. The van der Waals surface area contributed by atoms with E-state index in [1.165, 1.54) is 41.6 Å². The van der Waals surface area contributed by atoms with Gasteiger partial charge in [-0.25, -0.2) is 9.78 Å². The number of nitrogens with two attached hydrogens (primary N) is 1. The number of fused-ring (bicyclic) bond motifs is 1. The van der Waals surface area contributed by atoms with Gasteiger partial charge in [0.15, 0.2) is 16.4 Å². The zero-order valence-corrected chi connectivity index (χ0v) is 20.7. The molecule has 4 heterocycles. The molecule has 0 radical (unpaired) electrons. The molecule has 4 rings (SSSR count). The van der Waals surface area contributed by atoms with E-state index in [-0.39, 0.29) is 28.0 Å². The number of nitrogen functional groups attached to an aromatic ring is 1. The van der Waals surface area contributed by atoms with Gasteiger partial charge in [-0.2, -0.15) is 0 Å². The number of pyridine rings is 1. The molecule has 1 unspecified atom stereocenters. The molecule has 2 aromatic heterocycles. The summed E-state index contributed by atoms with van der Waals surface area (Å²) in [6.45, 7) is 0. The van der Waals surface area contributed by atoms with Crippen LogP contribution in [-0.2, 0) is 19.2 Å². The van der Waals surface area contributed by atoms with E-state index in [2.05, 4.69) is 20.4 Å². The lowest BCUT2D eigenvalue weighted by Crippen LogP contribution is -2.81. The molecule has 14 heteroatoms. The number of rotatable bonds is 9. The molecule has 0 saturated carbocycles. The van der Waals surface area contributed by atoms with E-state index in [1.54, 1.807) is 29.1 Å². The number of aromatic nitrogens is 2. The highest BCUT2D eigenvalue weighted by Crippen LogP contribution is 2.46. The van der Waals surface area contributed by atoms with Crippen molar-refractivity contribution in [1.29, 1.82) is 0 Å². The van der Waals surface area contributed by atoms with Crippen molar-refractivity contribution >= 4 is 69.6 Å². The summed E-state index contributed by atoms with van der Waals surface area (Å²) in [4.78, 5) is 52.7. The Kier molecular flexibility index (Phi) is 7.42. The summed E-state index contributed by atoms with van der Waals surface area (Å²) < 4.78 is 0. The molecular weight excluding hydrogens is 512 g/mol. The van der Waals surface area contributed by atoms with Gasteiger partial charge in [-0.3, -0.25) is 19.5 Å². The Balaban J connectivity index is 1.60. The van der Waals surface area contributed by atoms with E-state index in [9.17, 15) is 19.5 Å². The molecule has 2 amide bonds. The molecule has 0 aromatic carbocycles. The van der Waals surface area contributed by atoms with Crippen molar-refractivity contribution in [3.63, 3.8) is 0 Å². The molecule has 0 spiro atoms. The Labute approximate surface area is 212 Å². The van der Waals surface area contributed by atoms with Crippen LogP contribution >= 0.6 is 34.9 Å². The maximum absolute atomic E-state index is 13.4. The highest BCUT2D eigenvalue weighted by atomic mass is 32.2. The molecule has 2 aromatic rings. The fraction of sp³-hybridized carbons (Fsp3) is 0.238. The molecule has 2 aliphatic rings. The topological polar surface area (TPSA) is 160 Å². The number of carboxylic acid groups (broad SMARTS) is 1. The molecule has 2 atom stereocenters. The Hall–Kier alpha value is -3.36. The van der Waals surface area contributed by atoms with Crippen LogP contribution in [0.4, 0.5) is 5.13 Å². The number of amides is 2. The van der Waals surface area contributed by atoms with E-state index in [4.69, 9.17) is 10.6 Å². The normalized spacial score (nSPS) is 21.8.